The molecule has 5 rings (SSSR count). The quantitative estimate of drug-likeness (QED) is 0.0563. The van der Waals surface area contributed by atoms with E-state index in [0.717, 1.165) is 25.7 Å². The first-order valence-corrected chi connectivity index (χ1v) is 35.0. The monoisotopic (exact) mass is 1270 g/mol. The molecule has 5 unspecified atom stereocenters. The van der Waals surface area contributed by atoms with E-state index in [9.17, 15) is 19.5 Å². The number of hydrogen-bond acceptors (Lipinski definition) is 12. The van der Waals surface area contributed by atoms with E-state index < -0.39 is 77.9 Å². The number of allylic oxidation sites excluding steroid dienone is 1. The summed E-state index contributed by atoms with van der Waals surface area (Å²) in [4.78, 5) is 109. The maximum atomic E-state index is 16.4. The van der Waals surface area contributed by atoms with Gasteiger partial charge in [-0.1, -0.05) is 172 Å². The summed E-state index contributed by atoms with van der Waals surface area (Å²) in [5, 5.41) is 10.3. The molecule has 0 radical (unpaired) electrons. The van der Waals surface area contributed by atoms with E-state index in [4.69, 9.17) is 23.9 Å². The largest absolute Gasteiger partial charge is 0.481 e. The summed E-state index contributed by atoms with van der Waals surface area (Å²) < 4.78 is 28.0. The lowest BCUT2D eigenvalue weighted by Crippen LogP contribution is -2.49. The summed E-state index contributed by atoms with van der Waals surface area (Å²) in [6.45, 7) is 51.8. The molecule has 2 bridgehead atoms. The van der Waals surface area contributed by atoms with Gasteiger partial charge in [-0.3, -0.25) is 24.2 Å². The van der Waals surface area contributed by atoms with Gasteiger partial charge in [-0.15, -0.1) is 0 Å². The zero-order valence-corrected chi connectivity index (χ0v) is 60.9. The van der Waals surface area contributed by atoms with E-state index in [1.54, 1.807) is 11.5 Å². The second-order valence-corrected chi connectivity index (χ2v) is 33.3. The Labute approximate surface area is 549 Å². The van der Waals surface area contributed by atoms with Crippen molar-refractivity contribution in [1.82, 2.24) is 4.57 Å². The van der Waals surface area contributed by atoms with E-state index >= 15 is 19.2 Å². The lowest BCUT2D eigenvalue weighted by Gasteiger charge is -2.50. The van der Waals surface area contributed by atoms with Crippen molar-refractivity contribution in [2.75, 3.05) is 6.61 Å². The number of ether oxygens (including phenoxy) is 4. The van der Waals surface area contributed by atoms with E-state index in [2.05, 4.69) is 104 Å². The molecule has 512 valence electrons. The maximum absolute atomic E-state index is 16.4. The van der Waals surface area contributed by atoms with Crippen LogP contribution in [0.2, 0.25) is 0 Å². The van der Waals surface area contributed by atoms with Gasteiger partial charge in [0.2, 0.25) is 0 Å². The molecule has 91 heavy (non-hydrogen) atoms. The van der Waals surface area contributed by atoms with E-state index in [0.29, 0.717) is 97.9 Å². The number of Topliss-reactive ketones (excluding diaryl/α,β-unsaturated/α-hetero) is 2. The highest BCUT2D eigenvalue weighted by molar-refractivity contribution is 6.27. The Morgan fingerprint density at radius 2 is 1.24 bits per heavy atom. The molecule has 0 aromatic carbocycles. The highest BCUT2D eigenvalue weighted by Crippen LogP contribution is 2.53. The van der Waals surface area contributed by atoms with Gasteiger partial charge in [-0.25, -0.2) is 14.4 Å². The van der Waals surface area contributed by atoms with Crippen LogP contribution in [0.5, 0.6) is 0 Å². The number of cyclic esters (lactones) is 1. The van der Waals surface area contributed by atoms with Gasteiger partial charge in [0.15, 0.2) is 6.73 Å². The van der Waals surface area contributed by atoms with Crippen LogP contribution in [0.15, 0.2) is 34.0 Å². The second kappa shape index (κ2) is 30.5. The summed E-state index contributed by atoms with van der Waals surface area (Å²) in [5.74, 6) is -4.91. The fourth-order valence-corrected chi connectivity index (χ4v) is 16.1. The summed E-state index contributed by atoms with van der Waals surface area (Å²) in [5.41, 5.74) is 0.411. The molecule has 0 spiro atoms. The predicted molar refractivity (Wildman–Crippen MR) is 363 cm³/mol. The van der Waals surface area contributed by atoms with E-state index in [1.807, 2.05) is 61.5 Å². The number of nitrogens with zero attached hydrogens (tertiary/aromatic N) is 2. The molecule has 0 amide bonds. The van der Waals surface area contributed by atoms with Crippen LogP contribution in [0.25, 0.3) is 6.08 Å². The van der Waals surface area contributed by atoms with Crippen LogP contribution in [0.4, 0.5) is 0 Å². The Bertz CT molecular complexity index is 2860. The molecule has 5 atom stereocenters. The Balaban J connectivity index is 1.99. The molecule has 2 saturated carbocycles. The number of carbonyl (C=O) groups is 7. The van der Waals surface area contributed by atoms with Crippen LogP contribution in [0.1, 0.15) is 295 Å². The van der Waals surface area contributed by atoms with E-state index in [-0.39, 0.29) is 111 Å². The van der Waals surface area contributed by atoms with Crippen molar-refractivity contribution in [3.05, 3.63) is 51.5 Å². The number of rotatable bonds is 20. The lowest BCUT2D eigenvalue weighted by atomic mass is 9.59. The lowest BCUT2D eigenvalue weighted by molar-refractivity contribution is -0.164. The highest BCUT2D eigenvalue weighted by atomic mass is 16.6. The molecule has 0 saturated heterocycles. The number of aliphatic carboxylic acids is 1. The van der Waals surface area contributed by atoms with Crippen LogP contribution < -0.4 is 0 Å². The van der Waals surface area contributed by atoms with Gasteiger partial charge in [0, 0.05) is 52.2 Å². The van der Waals surface area contributed by atoms with Gasteiger partial charge in [-0.2, -0.15) is 0 Å². The van der Waals surface area contributed by atoms with Gasteiger partial charge in [0.1, 0.15) is 23.8 Å². The third-order valence-corrected chi connectivity index (χ3v) is 22.0. The Hall–Kier alpha value is -5.14. The number of carboxylic acids is 1. The minimum atomic E-state index is -1.16. The summed E-state index contributed by atoms with van der Waals surface area (Å²) >= 11 is 0. The van der Waals surface area contributed by atoms with Crippen molar-refractivity contribution in [2.45, 2.75) is 293 Å². The molecule has 2 fully saturated rings. The normalized spacial score (nSPS) is 25.1. The average Bonchev–Trinajstić information content (AvgIpc) is 1.65. The summed E-state index contributed by atoms with van der Waals surface area (Å²) in [7, 11) is 0. The first-order valence-electron chi connectivity index (χ1n) is 35.0. The fraction of sp³-hybridized carbons (Fsp3) is 0.766. The van der Waals surface area contributed by atoms with Crippen molar-refractivity contribution in [3.63, 3.8) is 0 Å². The number of aliphatic imine (C=N–C) groups is 1. The van der Waals surface area contributed by atoms with Gasteiger partial charge < -0.3 is 28.6 Å². The number of aromatic nitrogens is 1. The Morgan fingerprint density at radius 3 is 1.67 bits per heavy atom. The number of fused-ring (bicyclic) bond motifs is 2. The molecule has 1 N–H and O–H groups in total. The molecule has 2 aliphatic carbocycles. The van der Waals surface area contributed by atoms with Crippen molar-refractivity contribution < 1.29 is 57.6 Å². The molecule has 3 heterocycles. The van der Waals surface area contributed by atoms with Crippen molar-refractivity contribution in [1.29, 1.82) is 0 Å². The number of hydrogen-bond donors (Lipinski definition) is 1. The third kappa shape index (κ3) is 18.0. The first-order chi connectivity index (χ1) is 42.0. The van der Waals surface area contributed by atoms with Crippen LogP contribution in [0, 0.1) is 79.8 Å². The van der Waals surface area contributed by atoms with Crippen LogP contribution in [-0.2, 0) is 60.9 Å². The van der Waals surface area contributed by atoms with Crippen molar-refractivity contribution in [2.24, 2.45) is 84.8 Å². The zero-order valence-electron chi connectivity index (χ0n) is 60.9. The highest BCUT2D eigenvalue weighted by Gasteiger charge is 2.52. The summed E-state index contributed by atoms with van der Waals surface area (Å²) in [6, 6.07) is 0. The van der Waals surface area contributed by atoms with Gasteiger partial charge >= 0.3 is 29.8 Å². The molecule has 2 aliphatic heterocycles. The number of carboxylic acid groups (broad SMARTS) is 1. The number of esters is 4. The number of carbonyl (C=O) groups excluding carboxylic acids is 6. The standard InChI is InChI=1S/C77H122N2O12/c1-25-76(26-2)33-30-29-32-50(40-61(82)83)69(85)89-44-79-57(41-55-62(45(5)6)64(56(78-55)42-59(76)80)70(86)90-66-51(72(13,14)15)36-48(11)37-52(66)73(16,17)18)63(46(7)8)65(58(79)43-60(81)77(27-3,28-4)34-31-35-88-68(84)47(9)10)71(87)91-67-53(74(19,20)21)38-49(12)39-54(67)75(22,23)24/h41,45-46,48-54,66-67H,9,25-40,42-44H2,1-8,10-24H3,(H,82,83). The number of ketones is 2. The smallest absolute Gasteiger partial charge is 0.340 e. The van der Waals surface area contributed by atoms with Crippen LogP contribution >= 0.6 is 0 Å². The molecular formula is C77H122N2O12. The third-order valence-electron chi connectivity index (χ3n) is 22.0. The topological polar surface area (TPSA) is 194 Å². The Kier molecular flexibility index (Phi) is 25.7. The maximum Gasteiger partial charge on any atom is 0.340 e. The minimum absolute atomic E-state index is 0.0268. The minimum Gasteiger partial charge on any atom is -0.481 e. The van der Waals surface area contributed by atoms with E-state index in [1.165, 1.54) is 0 Å². The Morgan fingerprint density at radius 1 is 0.747 bits per heavy atom. The average molecular weight is 1270 g/mol. The molecular weight excluding hydrogens is 1140 g/mol. The van der Waals surface area contributed by atoms with Crippen LogP contribution in [0.3, 0.4) is 0 Å². The molecule has 4 aliphatic rings. The second-order valence-electron chi connectivity index (χ2n) is 33.3. The summed E-state index contributed by atoms with van der Waals surface area (Å²) in [6.07, 6.45) is 7.62. The van der Waals surface area contributed by atoms with Gasteiger partial charge in [0.05, 0.1) is 53.6 Å². The fourth-order valence-electron chi connectivity index (χ4n) is 16.1. The molecule has 1 aromatic heterocycles. The van der Waals surface area contributed by atoms with Gasteiger partial charge in [0.25, 0.3) is 0 Å². The SMILES string of the molecule is C=C(C)C(=O)OCCCC(CC)(CC)C(=O)Cc1c(C(=O)OC2C(C(C)(C)C)CC(C)CC2C(C)(C)C)c(C(C)C)c2n1COC(=O)C(CC(=O)O)CCCCC(CC)(CC)C(=O)CC1=NC(=C2)C(C(C)C)=C1C(=O)OC1C(C(C)(C)C)CC(C)CC1C(C)(C)C. The van der Waals surface area contributed by atoms with Gasteiger partial charge in [-0.05, 0) is 147 Å². The van der Waals surface area contributed by atoms with Crippen molar-refractivity contribution >= 4 is 53.2 Å². The molecule has 14 heteroatoms. The van der Waals surface area contributed by atoms with Crippen molar-refractivity contribution in [3.8, 4) is 0 Å². The molecule has 1 aromatic rings. The predicted octanol–water partition coefficient (Wildman–Crippen LogP) is 18.1. The van der Waals surface area contributed by atoms with Crippen LogP contribution in [-0.4, -0.2) is 75.6 Å². The molecule has 14 nitrogen and oxygen atoms in total. The zero-order chi connectivity index (χ0) is 68.8. The first kappa shape index (κ1) is 76.6.